The van der Waals surface area contributed by atoms with Gasteiger partial charge in [-0.2, -0.15) is 0 Å². The van der Waals surface area contributed by atoms with Gasteiger partial charge in [0.25, 0.3) is 0 Å². The summed E-state index contributed by atoms with van der Waals surface area (Å²) in [7, 11) is 0. The highest BCUT2D eigenvalue weighted by Crippen LogP contribution is 2.53. The van der Waals surface area contributed by atoms with Crippen LogP contribution in [0, 0.1) is 0 Å². The number of fused-ring (bicyclic) bond motifs is 19. The number of benzene rings is 8. The molecule has 3 aliphatic rings. The molecule has 0 unspecified atom stereocenters. The fraction of sp³-hybridized carbons (Fsp3) is 0.200. The molecule has 66 heavy (non-hydrogen) atoms. The Balaban J connectivity index is 1.10. The van der Waals surface area contributed by atoms with E-state index in [2.05, 4.69) is 191 Å². The van der Waals surface area contributed by atoms with Gasteiger partial charge in [0.1, 0.15) is 22.3 Å². The highest BCUT2D eigenvalue weighted by molar-refractivity contribution is 7.25. The Kier molecular flexibility index (Phi) is 6.91. The Morgan fingerprint density at radius 2 is 1.21 bits per heavy atom. The lowest BCUT2D eigenvalue weighted by atomic mass is 9.44. The first kappa shape index (κ1) is 37.5. The maximum Gasteiger partial charge on any atom is 0.333 e. The number of rotatable bonds is 1. The van der Waals surface area contributed by atoms with Crippen LogP contribution in [0.15, 0.2) is 142 Å². The minimum Gasteiger partial charge on any atom is -0.456 e. The summed E-state index contributed by atoms with van der Waals surface area (Å²) in [5, 5.41) is 9.63. The second kappa shape index (κ2) is 12.2. The summed E-state index contributed by atoms with van der Waals surface area (Å²) in [6.07, 6.45) is 2.39. The second-order valence-electron chi connectivity index (χ2n) is 21.9. The molecule has 8 aromatic carbocycles. The van der Waals surface area contributed by atoms with Crippen molar-refractivity contribution in [2.24, 2.45) is 0 Å². The molecule has 1 aliphatic carbocycles. The van der Waals surface area contributed by atoms with Crippen molar-refractivity contribution in [1.29, 1.82) is 0 Å². The fourth-order valence-corrected chi connectivity index (χ4v) is 13.8. The Morgan fingerprint density at radius 3 is 1.97 bits per heavy atom. The third-order valence-corrected chi connectivity index (χ3v) is 17.3. The van der Waals surface area contributed by atoms with Crippen LogP contribution in [0.3, 0.4) is 0 Å². The molecule has 318 valence electrons. The van der Waals surface area contributed by atoms with Gasteiger partial charge in [-0.3, -0.25) is 0 Å². The van der Waals surface area contributed by atoms with Crippen molar-refractivity contribution in [3.63, 3.8) is 0 Å². The number of para-hydroxylation sites is 2. The molecule has 4 nitrogen and oxygen atoms in total. The van der Waals surface area contributed by atoms with Gasteiger partial charge in [0.15, 0.2) is 0 Å². The molecular weight excluding hydrogens is 824 g/mol. The summed E-state index contributed by atoms with van der Waals surface area (Å²) in [5.41, 5.74) is 19.4. The summed E-state index contributed by atoms with van der Waals surface area (Å²) in [5.74, 6) is 0. The average molecular weight is 871 g/mol. The minimum absolute atomic E-state index is 0.0214. The summed E-state index contributed by atoms with van der Waals surface area (Å²) in [6, 6.07) is 50.8. The molecule has 15 rings (SSSR count). The van der Waals surface area contributed by atoms with E-state index in [1.54, 1.807) is 0 Å². The van der Waals surface area contributed by atoms with Crippen molar-refractivity contribution in [2.45, 2.75) is 77.6 Å². The standard InChI is InChI=1S/C60H47BN2O2S/c1-58(2,3)32-16-18-33(19-17-32)63-47-28-42-41-26-43-44(60(6,7)25-24-59(43,4)5)30-53(41)66-52(42)29-39(47)36-20-21-38-54-46(23-22-37-34-12-8-11-15-50(34)65-57(37)54)62-48-27-40-35-13-9-10-14-49(35)64-51(40)31-45(48)61(63)55(36)56(38)62/h8-23,26-31H,24-25H2,1-7H3. The lowest BCUT2D eigenvalue weighted by molar-refractivity contribution is 0.332. The number of hydrogen-bond donors (Lipinski definition) is 0. The minimum atomic E-state index is -0.151. The first-order chi connectivity index (χ1) is 31.8. The molecule has 0 radical (unpaired) electrons. The third kappa shape index (κ3) is 4.70. The van der Waals surface area contributed by atoms with Gasteiger partial charge >= 0.3 is 6.85 Å². The van der Waals surface area contributed by atoms with E-state index in [0.29, 0.717) is 0 Å². The van der Waals surface area contributed by atoms with Crippen LogP contribution in [0.25, 0.3) is 103 Å². The lowest BCUT2D eigenvalue weighted by Crippen LogP contribution is -2.60. The zero-order valence-electron chi connectivity index (χ0n) is 38.3. The van der Waals surface area contributed by atoms with Crippen molar-refractivity contribution < 1.29 is 8.83 Å². The Bertz CT molecular complexity index is 4170. The van der Waals surface area contributed by atoms with E-state index >= 15 is 0 Å². The van der Waals surface area contributed by atoms with Crippen molar-refractivity contribution in [3.05, 3.63) is 150 Å². The number of aromatic nitrogens is 1. The van der Waals surface area contributed by atoms with Gasteiger partial charge in [-0.15, -0.1) is 11.3 Å². The highest BCUT2D eigenvalue weighted by atomic mass is 32.1. The average Bonchev–Trinajstić information content (AvgIpc) is 4.06. The fourth-order valence-electron chi connectivity index (χ4n) is 12.6. The zero-order valence-corrected chi connectivity index (χ0v) is 39.1. The number of furan rings is 2. The number of anilines is 2. The largest absolute Gasteiger partial charge is 0.456 e. The number of thiophene rings is 1. The van der Waals surface area contributed by atoms with Crippen molar-refractivity contribution in [2.75, 3.05) is 4.81 Å². The summed E-state index contributed by atoms with van der Waals surface area (Å²) >= 11 is 1.96. The van der Waals surface area contributed by atoms with E-state index in [1.807, 2.05) is 11.3 Å². The predicted octanol–water partition coefficient (Wildman–Crippen LogP) is 15.8. The normalized spacial score (nSPS) is 16.2. The molecule has 0 bridgehead atoms. The summed E-state index contributed by atoms with van der Waals surface area (Å²) in [4.78, 5) is 2.67. The molecule has 6 heteroatoms. The number of nitrogens with zero attached hydrogens (tertiary/aromatic N) is 2. The van der Waals surface area contributed by atoms with E-state index in [4.69, 9.17) is 8.83 Å². The van der Waals surface area contributed by atoms with Crippen molar-refractivity contribution >= 4 is 126 Å². The highest BCUT2D eigenvalue weighted by Gasteiger charge is 2.45. The molecule has 0 atom stereocenters. The van der Waals surface area contributed by atoms with E-state index in [-0.39, 0.29) is 23.1 Å². The molecule has 0 fully saturated rings. The molecule has 6 heterocycles. The van der Waals surface area contributed by atoms with Crippen LogP contribution in [0.5, 0.6) is 0 Å². The van der Waals surface area contributed by atoms with Gasteiger partial charge in [-0.05, 0) is 135 Å². The van der Waals surface area contributed by atoms with Crippen LogP contribution in [0.2, 0.25) is 0 Å². The van der Waals surface area contributed by atoms with Crippen molar-refractivity contribution in [1.82, 2.24) is 4.57 Å². The van der Waals surface area contributed by atoms with Crippen LogP contribution in [0.1, 0.15) is 78.0 Å². The van der Waals surface area contributed by atoms with Crippen LogP contribution in [-0.2, 0) is 16.2 Å². The van der Waals surface area contributed by atoms with E-state index in [9.17, 15) is 0 Å². The van der Waals surface area contributed by atoms with Crippen LogP contribution in [-0.4, -0.2) is 11.4 Å². The smallest absolute Gasteiger partial charge is 0.333 e. The first-order valence-electron chi connectivity index (χ1n) is 23.6. The topological polar surface area (TPSA) is 34.5 Å². The molecule has 0 spiro atoms. The molecule has 0 saturated heterocycles. The Morgan fingerprint density at radius 1 is 0.561 bits per heavy atom. The van der Waals surface area contributed by atoms with Crippen LogP contribution in [0.4, 0.5) is 11.4 Å². The summed E-state index contributed by atoms with van der Waals surface area (Å²) < 4.78 is 18.9. The van der Waals surface area contributed by atoms with Gasteiger partial charge in [0.2, 0.25) is 0 Å². The van der Waals surface area contributed by atoms with Gasteiger partial charge in [0, 0.05) is 69.7 Å². The molecule has 2 aliphatic heterocycles. The maximum absolute atomic E-state index is 6.88. The molecule has 12 aromatic rings. The van der Waals surface area contributed by atoms with Crippen LogP contribution < -0.4 is 15.7 Å². The monoisotopic (exact) mass is 870 g/mol. The van der Waals surface area contributed by atoms with Gasteiger partial charge < -0.3 is 18.2 Å². The van der Waals surface area contributed by atoms with E-state index in [1.165, 1.54) is 99.7 Å². The molecule has 0 amide bonds. The molecular formula is C60H47BN2O2S. The van der Waals surface area contributed by atoms with E-state index < -0.39 is 0 Å². The van der Waals surface area contributed by atoms with Crippen molar-refractivity contribution in [3.8, 4) is 16.8 Å². The Labute approximate surface area is 387 Å². The second-order valence-corrected chi connectivity index (χ2v) is 23.0. The maximum atomic E-state index is 6.88. The molecule has 0 saturated carbocycles. The molecule has 0 N–H and O–H groups in total. The van der Waals surface area contributed by atoms with Crippen LogP contribution >= 0.6 is 11.3 Å². The SMILES string of the molecule is CC(C)(C)c1ccc(N2B3c4cc5oc6ccccc6c5cc4-n4c5ccc6c7ccccc7oc6c5c5ccc(c3c54)-c3cc4sc5cc6c(cc5c4cc32)C(C)(C)CCC6(C)C)cc1. The Hall–Kier alpha value is -6.76. The molecule has 4 aromatic heterocycles. The number of hydrogen-bond acceptors (Lipinski definition) is 4. The third-order valence-electron chi connectivity index (χ3n) is 16.2. The first-order valence-corrected chi connectivity index (χ1v) is 24.5. The summed E-state index contributed by atoms with van der Waals surface area (Å²) in [6.45, 7) is 16.5. The van der Waals surface area contributed by atoms with E-state index in [0.717, 1.165) is 54.8 Å². The van der Waals surface area contributed by atoms with Gasteiger partial charge in [-0.25, -0.2) is 0 Å². The van der Waals surface area contributed by atoms with Gasteiger partial charge in [-0.1, -0.05) is 109 Å². The zero-order chi connectivity index (χ0) is 44.3. The lowest BCUT2D eigenvalue weighted by Gasteiger charge is -2.42. The predicted molar refractivity (Wildman–Crippen MR) is 281 cm³/mol. The quantitative estimate of drug-likeness (QED) is 0.154. The van der Waals surface area contributed by atoms with Gasteiger partial charge in [0.05, 0.1) is 16.4 Å².